The summed E-state index contributed by atoms with van der Waals surface area (Å²) in [5.41, 5.74) is 6.34. The second kappa shape index (κ2) is 6.83. The van der Waals surface area contributed by atoms with Crippen molar-refractivity contribution in [2.45, 2.75) is 12.0 Å². The number of hydrogen-bond donors (Lipinski definition) is 2. The maximum Gasteiger partial charge on any atom is 0.129 e. The van der Waals surface area contributed by atoms with Gasteiger partial charge in [0.2, 0.25) is 0 Å². The molecule has 2 aromatic rings. The first-order valence-electron chi connectivity index (χ1n) is 6.21. The molecule has 0 fully saturated rings. The summed E-state index contributed by atoms with van der Waals surface area (Å²) in [6.45, 7) is 0.00779. The van der Waals surface area contributed by atoms with Crippen LogP contribution in [-0.4, -0.2) is 11.7 Å². The molecule has 2 aromatic carbocycles. The van der Waals surface area contributed by atoms with Crippen LogP contribution in [0.3, 0.4) is 0 Å². The minimum atomic E-state index is -1.05. The summed E-state index contributed by atoms with van der Waals surface area (Å²) in [5, 5.41) is 10.9. The van der Waals surface area contributed by atoms with E-state index in [1.165, 1.54) is 6.07 Å². The van der Waals surface area contributed by atoms with Gasteiger partial charge in [0.25, 0.3) is 0 Å². The monoisotopic (exact) mass is 375 g/mol. The van der Waals surface area contributed by atoms with Crippen LogP contribution in [0.1, 0.15) is 23.1 Å². The second-order valence-electron chi connectivity index (χ2n) is 4.66. The van der Waals surface area contributed by atoms with Gasteiger partial charge in [-0.25, -0.2) is 8.78 Å². The van der Waals surface area contributed by atoms with Crippen molar-refractivity contribution in [1.82, 2.24) is 0 Å². The van der Waals surface area contributed by atoms with E-state index in [-0.39, 0.29) is 12.1 Å². The van der Waals surface area contributed by atoms with Crippen LogP contribution < -0.4 is 5.73 Å². The molecular weight excluding hydrogens is 364 g/mol. The second-order valence-corrected chi connectivity index (χ2v) is 6.01. The molecule has 0 bridgehead atoms. The smallest absolute Gasteiger partial charge is 0.129 e. The first kappa shape index (κ1) is 16.4. The minimum absolute atomic E-state index is 0.00779. The lowest BCUT2D eigenvalue weighted by Gasteiger charge is -2.23. The molecule has 0 saturated heterocycles. The molecule has 0 spiro atoms. The van der Waals surface area contributed by atoms with Crippen LogP contribution >= 0.6 is 27.5 Å². The van der Waals surface area contributed by atoms with Crippen LogP contribution in [0.25, 0.3) is 0 Å². The van der Waals surface area contributed by atoms with Crippen LogP contribution in [0.15, 0.2) is 40.9 Å². The molecule has 0 heterocycles. The Morgan fingerprint density at radius 1 is 1.19 bits per heavy atom. The largest absolute Gasteiger partial charge is 0.388 e. The highest BCUT2D eigenvalue weighted by atomic mass is 79.9. The van der Waals surface area contributed by atoms with Gasteiger partial charge in [0, 0.05) is 28.0 Å². The Hall–Kier alpha value is -1.01. The first-order chi connectivity index (χ1) is 9.92. The van der Waals surface area contributed by atoms with Gasteiger partial charge in [0.1, 0.15) is 11.6 Å². The predicted molar refractivity (Wildman–Crippen MR) is 82.3 cm³/mol. The van der Waals surface area contributed by atoms with Gasteiger partial charge in [0.05, 0.1) is 6.10 Å². The lowest BCUT2D eigenvalue weighted by Crippen LogP contribution is -2.21. The average Bonchev–Trinajstić information content (AvgIpc) is 2.40. The fourth-order valence-corrected chi connectivity index (χ4v) is 3.09. The normalized spacial score (nSPS) is 14.0. The van der Waals surface area contributed by atoms with Gasteiger partial charge in [-0.3, -0.25) is 0 Å². The van der Waals surface area contributed by atoms with Gasteiger partial charge >= 0.3 is 0 Å². The van der Waals surface area contributed by atoms with E-state index >= 15 is 0 Å². The molecule has 2 atom stereocenters. The first-order valence-corrected chi connectivity index (χ1v) is 7.38. The molecule has 0 aromatic heterocycles. The standard InChI is InChI=1S/C15H13BrClF2NO/c16-9-3-8(4-10(17)5-9)15(21)13(7-20)12-2-1-11(18)6-14(12)19/h1-6,13,15,21H,7,20H2. The number of aliphatic hydroxyl groups is 1. The molecule has 0 amide bonds. The summed E-state index contributed by atoms with van der Waals surface area (Å²) in [7, 11) is 0. The van der Waals surface area contributed by atoms with Gasteiger partial charge in [-0.05, 0) is 35.4 Å². The van der Waals surface area contributed by atoms with Crippen molar-refractivity contribution >= 4 is 27.5 Å². The molecule has 112 valence electrons. The quantitative estimate of drug-likeness (QED) is 0.842. The fraction of sp³-hybridized carbons (Fsp3) is 0.200. The maximum absolute atomic E-state index is 13.9. The zero-order chi connectivity index (χ0) is 15.6. The molecule has 6 heteroatoms. The minimum Gasteiger partial charge on any atom is -0.388 e. The summed E-state index contributed by atoms with van der Waals surface area (Å²) in [4.78, 5) is 0. The SMILES string of the molecule is NCC(c1ccc(F)cc1F)C(O)c1cc(Cl)cc(Br)c1. The van der Waals surface area contributed by atoms with E-state index < -0.39 is 23.7 Å². The Labute approximate surface area is 134 Å². The highest BCUT2D eigenvalue weighted by Gasteiger charge is 2.25. The van der Waals surface area contributed by atoms with Crippen molar-refractivity contribution in [3.8, 4) is 0 Å². The van der Waals surface area contributed by atoms with Crippen molar-refractivity contribution in [3.63, 3.8) is 0 Å². The highest BCUT2D eigenvalue weighted by Crippen LogP contribution is 2.34. The number of hydrogen-bond acceptors (Lipinski definition) is 2. The zero-order valence-corrected chi connectivity index (χ0v) is 13.2. The van der Waals surface area contributed by atoms with E-state index in [9.17, 15) is 13.9 Å². The van der Waals surface area contributed by atoms with E-state index in [1.54, 1.807) is 18.2 Å². The lowest BCUT2D eigenvalue weighted by atomic mass is 9.89. The van der Waals surface area contributed by atoms with Crippen molar-refractivity contribution < 1.29 is 13.9 Å². The van der Waals surface area contributed by atoms with Crippen LogP contribution in [0.4, 0.5) is 8.78 Å². The summed E-state index contributed by atoms with van der Waals surface area (Å²) in [5.74, 6) is -2.10. The summed E-state index contributed by atoms with van der Waals surface area (Å²) in [6.07, 6.45) is -1.05. The van der Waals surface area contributed by atoms with Crippen LogP contribution in [-0.2, 0) is 0 Å². The van der Waals surface area contributed by atoms with Gasteiger partial charge in [-0.15, -0.1) is 0 Å². The van der Waals surface area contributed by atoms with Gasteiger partial charge in [0.15, 0.2) is 0 Å². The van der Waals surface area contributed by atoms with E-state index in [0.29, 0.717) is 15.1 Å². The molecule has 0 saturated carbocycles. The molecule has 21 heavy (non-hydrogen) atoms. The topological polar surface area (TPSA) is 46.2 Å². The third kappa shape index (κ3) is 3.80. The maximum atomic E-state index is 13.9. The number of benzene rings is 2. The molecule has 0 aliphatic heterocycles. The molecule has 0 aliphatic rings. The van der Waals surface area contributed by atoms with Crippen LogP contribution in [0.2, 0.25) is 5.02 Å². The average molecular weight is 377 g/mol. The Morgan fingerprint density at radius 2 is 1.90 bits per heavy atom. The van der Waals surface area contributed by atoms with Crippen molar-refractivity contribution in [2.24, 2.45) is 5.73 Å². The van der Waals surface area contributed by atoms with E-state index in [4.69, 9.17) is 17.3 Å². The van der Waals surface area contributed by atoms with Gasteiger partial charge in [-0.2, -0.15) is 0 Å². The van der Waals surface area contributed by atoms with Gasteiger partial charge < -0.3 is 10.8 Å². The molecule has 2 unspecified atom stereocenters. The fourth-order valence-electron chi connectivity index (χ4n) is 2.21. The number of nitrogens with two attached hydrogens (primary N) is 1. The summed E-state index contributed by atoms with van der Waals surface area (Å²) < 4.78 is 27.6. The van der Waals surface area contributed by atoms with Crippen molar-refractivity contribution in [1.29, 1.82) is 0 Å². The van der Waals surface area contributed by atoms with Crippen molar-refractivity contribution in [3.05, 3.63) is 68.7 Å². The number of rotatable bonds is 4. The molecule has 0 aliphatic carbocycles. The van der Waals surface area contributed by atoms with Crippen molar-refractivity contribution in [2.75, 3.05) is 6.54 Å². The zero-order valence-electron chi connectivity index (χ0n) is 10.9. The summed E-state index contributed by atoms with van der Waals surface area (Å²) in [6, 6.07) is 8.15. The van der Waals surface area contributed by atoms with Crippen LogP contribution in [0.5, 0.6) is 0 Å². The van der Waals surface area contributed by atoms with E-state index in [2.05, 4.69) is 15.9 Å². The Morgan fingerprint density at radius 3 is 2.48 bits per heavy atom. The molecule has 2 rings (SSSR count). The Bertz CT molecular complexity index is 633. The number of halogens is 4. The van der Waals surface area contributed by atoms with Crippen LogP contribution in [0, 0.1) is 11.6 Å². The summed E-state index contributed by atoms with van der Waals surface area (Å²) >= 11 is 9.23. The molecule has 0 radical (unpaired) electrons. The predicted octanol–water partition coefficient (Wildman–Crippen LogP) is 4.16. The number of aliphatic hydroxyl groups excluding tert-OH is 1. The molecule has 3 N–H and O–H groups in total. The highest BCUT2D eigenvalue weighted by molar-refractivity contribution is 9.10. The Kier molecular flexibility index (Phi) is 5.32. The molecular formula is C15H13BrClF2NO. The molecule has 2 nitrogen and oxygen atoms in total. The van der Waals surface area contributed by atoms with E-state index in [1.807, 2.05) is 0 Å². The third-order valence-electron chi connectivity index (χ3n) is 3.22. The third-order valence-corrected chi connectivity index (χ3v) is 3.90. The Balaban J connectivity index is 2.40. The van der Waals surface area contributed by atoms with Gasteiger partial charge in [-0.1, -0.05) is 33.6 Å². The lowest BCUT2D eigenvalue weighted by molar-refractivity contribution is 0.145. The van der Waals surface area contributed by atoms with E-state index in [0.717, 1.165) is 12.1 Å².